The molecular weight excluding hydrogens is 234 g/mol. The molecule has 2 rings (SSSR count). The summed E-state index contributed by atoms with van der Waals surface area (Å²) in [6.45, 7) is 0. The minimum atomic E-state index is -0.653. The van der Waals surface area contributed by atoms with Gasteiger partial charge in [0.15, 0.2) is 0 Å². The Bertz CT molecular complexity index is 396. The van der Waals surface area contributed by atoms with Crippen LogP contribution in [0.2, 0.25) is 5.02 Å². The fraction of sp³-hybridized carbons (Fsp3) is 0. The molecule has 0 bridgehead atoms. The molecule has 0 amide bonds. The quantitative estimate of drug-likeness (QED) is 0.740. The molecule has 0 unspecified atom stereocenters. The summed E-state index contributed by atoms with van der Waals surface area (Å²) in [6.07, 6.45) is 0. The van der Waals surface area contributed by atoms with E-state index in [0.29, 0.717) is 5.75 Å². The third-order valence-corrected chi connectivity index (χ3v) is 1.80. The van der Waals surface area contributed by atoms with E-state index in [1.807, 2.05) is 6.07 Å². The summed E-state index contributed by atoms with van der Waals surface area (Å²) in [6, 6.07) is 11.6. The Labute approximate surface area is 96.9 Å². The van der Waals surface area contributed by atoms with Crippen LogP contribution >= 0.6 is 11.6 Å². The Morgan fingerprint density at radius 3 is 1.69 bits per heavy atom. The third-order valence-electron chi connectivity index (χ3n) is 1.58. The number of hydrogen-bond acceptors (Lipinski definition) is 1. The number of hydrogen-bond donors (Lipinski definition) is 1. The van der Waals surface area contributed by atoms with E-state index in [0.717, 1.165) is 18.2 Å². The van der Waals surface area contributed by atoms with Crippen LogP contribution in [0.1, 0.15) is 0 Å². The number of rotatable bonds is 0. The lowest BCUT2D eigenvalue weighted by molar-refractivity contribution is 0.475. The second kappa shape index (κ2) is 6.08. The molecule has 0 atom stereocenters. The Hall–Kier alpha value is -1.61. The Kier molecular flexibility index (Phi) is 4.73. The fourth-order valence-electron chi connectivity index (χ4n) is 0.948. The summed E-state index contributed by atoms with van der Waals surface area (Å²) in [4.78, 5) is 0. The van der Waals surface area contributed by atoms with Crippen LogP contribution < -0.4 is 0 Å². The Morgan fingerprint density at radius 1 is 0.875 bits per heavy atom. The van der Waals surface area contributed by atoms with Crippen molar-refractivity contribution in [3.8, 4) is 5.75 Å². The summed E-state index contributed by atoms with van der Waals surface area (Å²) in [5, 5.41) is 8.71. The minimum Gasteiger partial charge on any atom is -0.508 e. The highest BCUT2D eigenvalue weighted by Crippen LogP contribution is 2.11. The molecular formula is C12H9ClF2O. The van der Waals surface area contributed by atoms with Crippen molar-refractivity contribution in [1.29, 1.82) is 0 Å². The van der Waals surface area contributed by atoms with Crippen LogP contribution in [0, 0.1) is 11.6 Å². The van der Waals surface area contributed by atoms with E-state index in [9.17, 15) is 8.78 Å². The highest BCUT2D eigenvalue weighted by atomic mass is 35.5. The molecule has 0 radical (unpaired) electrons. The first-order valence-corrected chi connectivity index (χ1v) is 4.81. The number of halogens is 3. The number of phenols is 1. The lowest BCUT2D eigenvalue weighted by Gasteiger charge is -1.89. The van der Waals surface area contributed by atoms with Crippen LogP contribution in [0.25, 0.3) is 0 Å². The maximum atomic E-state index is 12.1. The van der Waals surface area contributed by atoms with E-state index in [-0.39, 0.29) is 5.02 Å². The predicted molar refractivity (Wildman–Crippen MR) is 59.5 cm³/mol. The summed E-state index contributed by atoms with van der Waals surface area (Å²) in [5.41, 5.74) is 0. The molecule has 1 nitrogen and oxygen atoms in total. The molecule has 0 saturated carbocycles. The van der Waals surface area contributed by atoms with Gasteiger partial charge in [0.05, 0.1) is 0 Å². The minimum absolute atomic E-state index is 0.0764. The molecule has 0 aromatic heterocycles. The molecule has 0 fully saturated rings. The molecule has 0 spiro atoms. The van der Waals surface area contributed by atoms with E-state index >= 15 is 0 Å². The molecule has 0 heterocycles. The topological polar surface area (TPSA) is 20.2 Å². The Balaban J connectivity index is 0.000000165. The fourth-order valence-corrected chi connectivity index (χ4v) is 1.16. The summed E-state index contributed by atoms with van der Waals surface area (Å²) >= 11 is 5.27. The van der Waals surface area contributed by atoms with Gasteiger partial charge in [-0.3, -0.25) is 0 Å². The SMILES string of the molecule is Fc1cc(F)cc(Cl)c1.Oc1ccccc1. The monoisotopic (exact) mass is 242 g/mol. The third kappa shape index (κ3) is 4.75. The van der Waals surface area contributed by atoms with E-state index in [2.05, 4.69) is 0 Å². The summed E-state index contributed by atoms with van der Waals surface area (Å²) in [7, 11) is 0. The van der Waals surface area contributed by atoms with Crippen LogP contribution in [-0.2, 0) is 0 Å². The first-order chi connectivity index (χ1) is 7.58. The zero-order valence-corrected chi connectivity index (χ0v) is 8.96. The smallest absolute Gasteiger partial charge is 0.127 e. The van der Waals surface area contributed by atoms with Gasteiger partial charge in [-0.05, 0) is 24.3 Å². The van der Waals surface area contributed by atoms with Crippen LogP contribution in [0.15, 0.2) is 48.5 Å². The Morgan fingerprint density at radius 2 is 1.38 bits per heavy atom. The number of aromatic hydroxyl groups is 1. The molecule has 2 aromatic carbocycles. The predicted octanol–water partition coefficient (Wildman–Crippen LogP) is 4.01. The van der Waals surface area contributed by atoms with Gasteiger partial charge in [0.1, 0.15) is 17.4 Å². The average Bonchev–Trinajstić information content (AvgIpc) is 2.17. The second-order valence-corrected chi connectivity index (χ2v) is 3.36. The van der Waals surface area contributed by atoms with Gasteiger partial charge in [-0.2, -0.15) is 0 Å². The van der Waals surface area contributed by atoms with Gasteiger partial charge in [-0.1, -0.05) is 29.8 Å². The standard InChI is InChI=1S/C6H3ClF2.C6H6O/c7-4-1-5(8)3-6(9)2-4;7-6-4-2-1-3-5-6/h1-3H;1-5,7H. The van der Waals surface area contributed by atoms with Crippen LogP contribution in [0.5, 0.6) is 5.75 Å². The highest BCUT2D eigenvalue weighted by Gasteiger charge is 1.95. The number of para-hydroxylation sites is 1. The van der Waals surface area contributed by atoms with Gasteiger partial charge in [-0.25, -0.2) is 8.78 Å². The van der Waals surface area contributed by atoms with Gasteiger partial charge in [0.25, 0.3) is 0 Å². The molecule has 1 N–H and O–H groups in total. The van der Waals surface area contributed by atoms with Gasteiger partial charge in [0.2, 0.25) is 0 Å². The van der Waals surface area contributed by atoms with Crippen molar-refractivity contribution >= 4 is 11.6 Å². The van der Waals surface area contributed by atoms with Crippen LogP contribution in [0.4, 0.5) is 8.78 Å². The number of phenolic OH excluding ortho intramolecular Hbond substituents is 1. The van der Waals surface area contributed by atoms with Gasteiger partial charge >= 0.3 is 0 Å². The molecule has 4 heteroatoms. The molecule has 84 valence electrons. The lowest BCUT2D eigenvalue weighted by Crippen LogP contribution is -1.76. The van der Waals surface area contributed by atoms with Crippen molar-refractivity contribution in [3.05, 3.63) is 65.2 Å². The van der Waals surface area contributed by atoms with Crippen molar-refractivity contribution in [2.45, 2.75) is 0 Å². The maximum Gasteiger partial charge on any atom is 0.127 e. The van der Waals surface area contributed by atoms with E-state index in [4.69, 9.17) is 16.7 Å². The average molecular weight is 243 g/mol. The molecule has 0 aliphatic rings. The zero-order valence-electron chi connectivity index (χ0n) is 8.20. The van der Waals surface area contributed by atoms with Crippen LogP contribution in [0.3, 0.4) is 0 Å². The van der Waals surface area contributed by atoms with Gasteiger partial charge < -0.3 is 5.11 Å². The zero-order chi connectivity index (χ0) is 12.0. The van der Waals surface area contributed by atoms with Crippen molar-refractivity contribution in [3.63, 3.8) is 0 Å². The maximum absolute atomic E-state index is 12.1. The van der Waals surface area contributed by atoms with E-state index < -0.39 is 11.6 Å². The first-order valence-electron chi connectivity index (χ1n) is 4.43. The molecule has 0 saturated heterocycles. The van der Waals surface area contributed by atoms with Crippen molar-refractivity contribution < 1.29 is 13.9 Å². The molecule has 0 aliphatic carbocycles. The van der Waals surface area contributed by atoms with Crippen molar-refractivity contribution in [2.75, 3.05) is 0 Å². The highest BCUT2D eigenvalue weighted by molar-refractivity contribution is 6.30. The van der Waals surface area contributed by atoms with Crippen molar-refractivity contribution in [2.24, 2.45) is 0 Å². The summed E-state index contributed by atoms with van der Waals surface area (Å²) in [5.74, 6) is -0.984. The normalized spacial score (nSPS) is 9.19. The first kappa shape index (κ1) is 12.5. The van der Waals surface area contributed by atoms with Gasteiger partial charge in [0, 0.05) is 11.1 Å². The molecule has 16 heavy (non-hydrogen) atoms. The van der Waals surface area contributed by atoms with E-state index in [1.165, 1.54) is 0 Å². The molecule has 0 aliphatic heterocycles. The van der Waals surface area contributed by atoms with Gasteiger partial charge in [-0.15, -0.1) is 0 Å². The lowest BCUT2D eigenvalue weighted by atomic mass is 10.3. The largest absolute Gasteiger partial charge is 0.508 e. The summed E-state index contributed by atoms with van der Waals surface area (Å²) < 4.78 is 24.2. The molecule has 2 aromatic rings. The van der Waals surface area contributed by atoms with Crippen molar-refractivity contribution in [1.82, 2.24) is 0 Å². The van der Waals surface area contributed by atoms with Crippen LogP contribution in [-0.4, -0.2) is 5.11 Å². The van der Waals surface area contributed by atoms with E-state index in [1.54, 1.807) is 24.3 Å². The number of benzene rings is 2. The second-order valence-electron chi connectivity index (χ2n) is 2.92.